The predicted octanol–water partition coefficient (Wildman–Crippen LogP) is 3.40. The van der Waals surface area contributed by atoms with Crippen LogP contribution in [0.5, 0.6) is 5.75 Å². The quantitative estimate of drug-likeness (QED) is 0.918. The van der Waals surface area contributed by atoms with Gasteiger partial charge in [-0.2, -0.15) is 0 Å². The Morgan fingerprint density at radius 1 is 1.44 bits per heavy atom. The number of anilines is 1. The zero-order valence-electron chi connectivity index (χ0n) is 10.3. The average molecular weight is 331 g/mol. The summed E-state index contributed by atoms with van der Waals surface area (Å²) in [7, 11) is 3.45. The third-order valence-corrected chi connectivity index (χ3v) is 4.11. The monoisotopic (exact) mass is 329 g/mol. The number of aryl methyl sites for hydroxylation is 1. The van der Waals surface area contributed by atoms with Crippen molar-refractivity contribution in [3.05, 3.63) is 27.3 Å². The van der Waals surface area contributed by atoms with E-state index in [9.17, 15) is 0 Å². The molecule has 1 heterocycles. The molecule has 0 amide bonds. The molecule has 2 aromatic rings. The number of nitrogens with two attached hydrogens (primary N) is 1. The fourth-order valence-corrected chi connectivity index (χ4v) is 2.32. The van der Waals surface area contributed by atoms with Gasteiger partial charge < -0.3 is 15.0 Å². The van der Waals surface area contributed by atoms with Crippen LogP contribution in [0.3, 0.4) is 0 Å². The number of methoxy groups -OCH3 is 1. The second-order valence-electron chi connectivity index (χ2n) is 3.97. The molecule has 0 saturated heterocycles. The van der Waals surface area contributed by atoms with Crippen LogP contribution < -0.4 is 10.5 Å². The molecule has 1 aromatic heterocycles. The van der Waals surface area contributed by atoms with Crippen molar-refractivity contribution in [2.45, 2.75) is 6.92 Å². The van der Waals surface area contributed by atoms with E-state index in [4.69, 9.17) is 22.1 Å². The lowest BCUT2D eigenvalue weighted by Crippen LogP contribution is -1.96. The molecule has 0 fully saturated rings. The fourth-order valence-electron chi connectivity index (χ4n) is 1.68. The van der Waals surface area contributed by atoms with Gasteiger partial charge in [-0.25, -0.2) is 4.98 Å². The third kappa shape index (κ3) is 2.08. The Hall–Kier alpha value is -1.20. The molecule has 1 aromatic carbocycles. The number of hydrogen-bond acceptors (Lipinski definition) is 3. The molecule has 0 saturated carbocycles. The molecule has 18 heavy (non-hydrogen) atoms. The van der Waals surface area contributed by atoms with Gasteiger partial charge in [-0.05, 0) is 40.5 Å². The SMILES string of the molecule is COc1cc(C)c(Cl)cc1-c1nc(N)n(C)c1Br. The molecular formula is C12H13BrClN3O. The maximum absolute atomic E-state index is 6.15. The average Bonchev–Trinajstić information content (AvgIpc) is 2.60. The summed E-state index contributed by atoms with van der Waals surface area (Å²) in [5, 5.41) is 0.668. The van der Waals surface area contributed by atoms with Crippen LogP contribution in [0.1, 0.15) is 5.56 Å². The molecule has 0 bridgehead atoms. The maximum atomic E-state index is 6.15. The van der Waals surface area contributed by atoms with Crippen LogP contribution in [-0.2, 0) is 7.05 Å². The Kier molecular flexibility index (Phi) is 3.54. The van der Waals surface area contributed by atoms with Gasteiger partial charge in [-0.1, -0.05) is 11.6 Å². The van der Waals surface area contributed by atoms with Gasteiger partial charge in [0, 0.05) is 17.6 Å². The summed E-state index contributed by atoms with van der Waals surface area (Å²) in [6.07, 6.45) is 0. The number of benzene rings is 1. The van der Waals surface area contributed by atoms with E-state index in [1.807, 2.05) is 26.1 Å². The first-order valence-corrected chi connectivity index (χ1v) is 6.45. The summed E-state index contributed by atoms with van der Waals surface area (Å²) < 4.78 is 7.91. The zero-order valence-corrected chi connectivity index (χ0v) is 12.6. The van der Waals surface area contributed by atoms with Crippen LogP contribution in [0.25, 0.3) is 11.3 Å². The van der Waals surface area contributed by atoms with E-state index in [1.165, 1.54) is 0 Å². The molecule has 0 atom stereocenters. The van der Waals surface area contributed by atoms with Gasteiger partial charge in [-0.15, -0.1) is 0 Å². The van der Waals surface area contributed by atoms with Crippen molar-refractivity contribution < 1.29 is 4.74 Å². The molecule has 0 radical (unpaired) electrons. The number of nitrogens with zero attached hydrogens (tertiary/aromatic N) is 2. The van der Waals surface area contributed by atoms with Crippen molar-refractivity contribution in [3.8, 4) is 17.0 Å². The van der Waals surface area contributed by atoms with E-state index < -0.39 is 0 Å². The van der Waals surface area contributed by atoms with E-state index in [0.717, 1.165) is 21.5 Å². The molecule has 4 nitrogen and oxygen atoms in total. The minimum Gasteiger partial charge on any atom is -0.496 e. The maximum Gasteiger partial charge on any atom is 0.201 e. The standard InChI is InChI=1S/C12H13BrClN3O/c1-6-4-9(18-3)7(5-8(6)14)10-11(13)17(2)12(15)16-10/h4-5H,1-3H3,(H2,15,16). The fraction of sp³-hybridized carbons (Fsp3) is 0.250. The number of halogens is 2. The van der Waals surface area contributed by atoms with Crippen molar-refractivity contribution in [2.75, 3.05) is 12.8 Å². The summed E-state index contributed by atoms with van der Waals surface area (Å²) >= 11 is 9.62. The van der Waals surface area contributed by atoms with Crippen molar-refractivity contribution in [3.63, 3.8) is 0 Å². The lowest BCUT2D eigenvalue weighted by atomic mass is 10.1. The first kappa shape index (κ1) is 13.2. The van der Waals surface area contributed by atoms with Gasteiger partial charge in [0.2, 0.25) is 5.95 Å². The highest BCUT2D eigenvalue weighted by Crippen LogP contribution is 2.38. The lowest BCUT2D eigenvalue weighted by molar-refractivity contribution is 0.416. The van der Waals surface area contributed by atoms with E-state index in [0.29, 0.717) is 16.7 Å². The molecule has 0 aliphatic heterocycles. The summed E-state index contributed by atoms with van der Waals surface area (Å²) in [4.78, 5) is 4.31. The Morgan fingerprint density at radius 3 is 2.61 bits per heavy atom. The molecule has 2 rings (SSSR count). The number of rotatable bonds is 2. The number of hydrogen-bond donors (Lipinski definition) is 1. The Labute approximate surface area is 119 Å². The smallest absolute Gasteiger partial charge is 0.201 e. The number of aromatic nitrogens is 2. The minimum absolute atomic E-state index is 0.427. The van der Waals surface area contributed by atoms with Crippen molar-refractivity contribution >= 4 is 33.5 Å². The van der Waals surface area contributed by atoms with Gasteiger partial charge in [0.25, 0.3) is 0 Å². The van der Waals surface area contributed by atoms with E-state index in [2.05, 4.69) is 20.9 Å². The van der Waals surface area contributed by atoms with Crippen LogP contribution in [-0.4, -0.2) is 16.7 Å². The third-order valence-electron chi connectivity index (χ3n) is 2.80. The molecule has 2 N–H and O–H groups in total. The van der Waals surface area contributed by atoms with Crippen LogP contribution in [0, 0.1) is 6.92 Å². The molecule has 96 valence electrons. The van der Waals surface area contributed by atoms with Crippen molar-refractivity contribution in [1.82, 2.24) is 9.55 Å². The number of imidazole rings is 1. The lowest BCUT2D eigenvalue weighted by Gasteiger charge is -2.09. The largest absolute Gasteiger partial charge is 0.496 e. The number of ether oxygens (including phenoxy) is 1. The van der Waals surface area contributed by atoms with E-state index in [1.54, 1.807) is 11.7 Å². The van der Waals surface area contributed by atoms with Gasteiger partial charge in [0.15, 0.2) is 0 Å². The summed E-state index contributed by atoms with van der Waals surface area (Å²) in [6, 6.07) is 3.72. The summed E-state index contributed by atoms with van der Waals surface area (Å²) in [6.45, 7) is 1.93. The molecule has 0 unspecified atom stereocenters. The van der Waals surface area contributed by atoms with E-state index >= 15 is 0 Å². The Bertz CT molecular complexity index is 610. The normalized spacial score (nSPS) is 10.7. The number of nitrogen functional groups attached to an aromatic ring is 1. The van der Waals surface area contributed by atoms with Crippen LogP contribution >= 0.6 is 27.5 Å². The highest BCUT2D eigenvalue weighted by Gasteiger charge is 2.17. The first-order chi connectivity index (χ1) is 8.45. The predicted molar refractivity (Wildman–Crippen MR) is 77.1 cm³/mol. The summed E-state index contributed by atoms with van der Waals surface area (Å²) in [5.74, 6) is 1.14. The molecule has 0 aliphatic rings. The van der Waals surface area contributed by atoms with Crippen LogP contribution in [0.2, 0.25) is 5.02 Å². The first-order valence-electron chi connectivity index (χ1n) is 5.28. The van der Waals surface area contributed by atoms with Crippen molar-refractivity contribution in [2.24, 2.45) is 7.05 Å². The highest BCUT2D eigenvalue weighted by molar-refractivity contribution is 9.10. The Morgan fingerprint density at radius 2 is 2.11 bits per heavy atom. The molecular weight excluding hydrogens is 318 g/mol. The van der Waals surface area contributed by atoms with Gasteiger partial charge >= 0.3 is 0 Å². The molecule has 6 heteroatoms. The second kappa shape index (κ2) is 4.82. The van der Waals surface area contributed by atoms with Crippen molar-refractivity contribution in [1.29, 1.82) is 0 Å². The van der Waals surface area contributed by atoms with Gasteiger partial charge in [0.1, 0.15) is 16.0 Å². The molecule has 0 aliphatic carbocycles. The summed E-state index contributed by atoms with van der Waals surface area (Å²) in [5.41, 5.74) is 8.27. The van der Waals surface area contributed by atoms with Crippen LogP contribution in [0.15, 0.2) is 16.7 Å². The topological polar surface area (TPSA) is 53.1 Å². The second-order valence-corrected chi connectivity index (χ2v) is 5.13. The van der Waals surface area contributed by atoms with Gasteiger partial charge in [0.05, 0.1) is 7.11 Å². The minimum atomic E-state index is 0.427. The van der Waals surface area contributed by atoms with Crippen LogP contribution in [0.4, 0.5) is 5.95 Å². The highest BCUT2D eigenvalue weighted by atomic mass is 79.9. The van der Waals surface area contributed by atoms with Gasteiger partial charge in [-0.3, -0.25) is 0 Å². The zero-order chi connectivity index (χ0) is 13.4. The Balaban J connectivity index is 2.70. The van der Waals surface area contributed by atoms with E-state index in [-0.39, 0.29) is 0 Å². The molecule has 0 spiro atoms.